The molecule has 0 amide bonds. The predicted octanol–water partition coefficient (Wildman–Crippen LogP) is 3.52. The van der Waals surface area contributed by atoms with Crippen LogP contribution >= 0.6 is 23.2 Å². The Balaban J connectivity index is 1.78. The van der Waals surface area contributed by atoms with Crippen molar-refractivity contribution >= 4 is 38.9 Å². The average Bonchev–Trinajstić information content (AvgIpc) is 2.69. The van der Waals surface area contributed by atoms with Gasteiger partial charge in [0, 0.05) is 37.3 Å². The first-order chi connectivity index (χ1) is 12.9. The molecule has 1 aliphatic rings. The second-order valence-corrected chi connectivity index (χ2v) is 8.75. The highest BCUT2D eigenvalue weighted by atomic mass is 35.5. The largest absolute Gasteiger partial charge is 0.497 e. The van der Waals surface area contributed by atoms with E-state index < -0.39 is 10.0 Å². The van der Waals surface area contributed by atoms with E-state index in [1.54, 1.807) is 20.3 Å². The molecule has 0 aliphatic carbocycles. The van der Waals surface area contributed by atoms with E-state index in [4.69, 9.17) is 32.7 Å². The number of halogens is 2. The molecule has 1 heterocycles. The Labute approximate surface area is 169 Å². The highest BCUT2D eigenvalue weighted by Crippen LogP contribution is 2.34. The summed E-state index contributed by atoms with van der Waals surface area (Å²) >= 11 is 12.0. The number of nitrogens with zero attached hydrogens (tertiary/aromatic N) is 2. The van der Waals surface area contributed by atoms with Gasteiger partial charge in [-0.1, -0.05) is 23.2 Å². The molecule has 1 fully saturated rings. The number of ether oxygens (including phenoxy) is 2. The van der Waals surface area contributed by atoms with Crippen LogP contribution in [0.2, 0.25) is 10.0 Å². The Bertz CT molecular complexity index is 929. The SMILES string of the molecule is COc1ccc(N2CCN(S(=O)(=O)c3cc(Cl)ccc3Cl)CC2)c(OC)c1. The van der Waals surface area contributed by atoms with Crippen LogP contribution in [0.15, 0.2) is 41.3 Å². The van der Waals surface area contributed by atoms with E-state index in [0.29, 0.717) is 42.7 Å². The topological polar surface area (TPSA) is 59.1 Å². The Morgan fingerprint density at radius 1 is 0.926 bits per heavy atom. The molecule has 146 valence electrons. The first kappa shape index (κ1) is 20.1. The van der Waals surface area contributed by atoms with Crippen molar-refractivity contribution < 1.29 is 17.9 Å². The number of hydrogen-bond acceptors (Lipinski definition) is 5. The number of anilines is 1. The van der Waals surface area contributed by atoms with Gasteiger partial charge in [-0.05, 0) is 30.3 Å². The number of sulfonamides is 1. The summed E-state index contributed by atoms with van der Waals surface area (Å²) in [5.74, 6) is 1.39. The summed E-state index contributed by atoms with van der Waals surface area (Å²) in [5.41, 5.74) is 0.899. The monoisotopic (exact) mass is 430 g/mol. The van der Waals surface area contributed by atoms with Gasteiger partial charge in [0.2, 0.25) is 10.0 Å². The van der Waals surface area contributed by atoms with Crippen LogP contribution in [-0.4, -0.2) is 53.1 Å². The third-order valence-electron chi connectivity index (χ3n) is 4.48. The standard InChI is InChI=1S/C18H20Cl2N2O4S/c1-25-14-4-6-16(17(12-14)26-2)21-7-9-22(10-8-21)27(23,24)18-11-13(19)3-5-15(18)20/h3-6,11-12H,7-10H2,1-2H3. The Morgan fingerprint density at radius 3 is 2.26 bits per heavy atom. The Hall–Kier alpha value is -1.67. The molecular formula is C18H20Cl2N2O4S. The number of hydrogen-bond donors (Lipinski definition) is 0. The number of benzene rings is 2. The molecular weight excluding hydrogens is 411 g/mol. The van der Waals surface area contributed by atoms with Crippen molar-refractivity contribution in [2.75, 3.05) is 45.3 Å². The quantitative estimate of drug-likeness (QED) is 0.725. The fraction of sp³-hybridized carbons (Fsp3) is 0.333. The Kier molecular flexibility index (Phi) is 6.05. The van der Waals surface area contributed by atoms with Gasteiger partial charge in [-0.3, -0.25) is 0 Å². The van der Waals surface area contributed by atoms with Crippen LogP contribution in [0.5, 0.6) is 11.5 Å². The molecule has 3 rings (SSSR count). The molecule has 0 aromatic heterocycles. The van der Waals surface area contributed by atoms with E-state index in [9.17, 15) is 8.42 Å². The lowest BCUT2D eigenvalue weighted by Crippen LogP contribution is -2.48. The van der Waals surface area contributed by atoms with E-state index in [2.05, 4.69) is 4.90 Å². The maximum atomic E-state index is 12.9. The van der Waals surface area contributed by atoms with Gasteiger partial charge in [-0.2, -0.15) is 4.31 Å². The van der Waals surface area contributed by atoms with E-state index in [0.717, 1.165) is 5.69 Å². The van der Waals surface area contributed by atoms with Crippen LogP contribution in [0.1, 0.15) is 0 Å². The molecule has 2 aromatic rings. The zero-order chi connectivity index (χ0) is 19.6. The van der Waals surface area contributed by atoms with Gasteiger partial charge >= 0.3 is 0 Å². The van der Waals surface area contributed by atoms with Gasteiger partial charge in [0.05, 0.1) is 24.9 Å². The zero-order valence-corrected chi connectivity index (χ0v) is 17.3. The zero-order valence-electron chi connectivity index (χ0n) is 15.0. The van der Waals surface area contributed by atoms with Crippen molar-refractivity contribution in [1.82, 2.24) is 4.31 Å². The molecule has 0 N–H and O–H groups in total. The molecule has 1 saturated heterocycles. The molecule has 27 heavy (non-hydrogen) atoms. The molecule has 2 aromatic carbocycles. The maximum Gasteiger partial charge on any atom is 0.244 e. The summed E-state index contributed by atoms with van der Waals surface area (Å²) in [6.07, 6.45) is 0. The molecule has 9 heteroatoms. The van der Waals surface area contributed by atoms with Crippen molar-refractivity contribution in [2.24, 2.45) is 0 Å². The molecule has 0 bridgehead atoms. The van der Waals surface area contributed by atoms with Crippen molar-refractivity contribution in [3.8, 4) is 11.5 Å². The molecule has 0 radical (unpaired) electrons. The number of rotatable bonds is 5. The minimum absolute atomic E-state index is 0.0344. The van der Waals surface area contributed by atoms with Crippen LogP contribution in [0.25, 0.3) is 0 Å². The molecule has 0 unspecified atom stereocenters. The summed E-state index contributed by atoms with van der Waals surface area (Å²) in [6.45, 7) is 1.72. The highest BCUT2D eigenvalue weighted by Gasteiger charge is 2.31. The van der Waals surface area contributed by atoms with Gasteiger partial charge in [0.1, 0.15) is 16.4 Å². The molecule has 0 atom stereocenters. The lowest BCUT2D eigenvalue weighted by Gasteiger charge is -2.36. The fourth-order valence-electron chi connectivity index (χ4n) is 3.03. The smallest absolute Gasteiger partial charge is 0.244 e. The van der Waals surface area contributed by atoms with Crippen LogP contribution < -0.4 is 14.4 Å². The lowest BCUT2D eigenvalue weighted by molar-refractivity contribution is 0.375. The summed E-state index contributed by atoms with van der Waals surface area (Å²) in [4.78, 5) is 2.12. The highest BCUT2D eigenvalue weighted by molar-refractivity contribution is 7.89. The summed E-state index contributed by atoms with van der Waals surface area (Å²) in [6, 6.07) is 10.0. The molecule has 1 aliphatic heterocycles. The summed E-state index contributed by atoms with van der Waals surface area (Å²) < 4.78 is 38.0. The second kappa shape index (κ2) is 8.14. The van der Waals surface area contributed by atoms with Gasteiger partial charge in [-0.15, -0.1) is 0 Å². The van der Waals surface area contributed by atoms with Gasteiger partial charge < -0.3 is 14.4 Å². The van der Waals surface area contributed by atoms with Gasteiger partial charge in [0.15, 0.2) is 0 Å². The van der Waals surface area contributed by atoms with E-state index >= 15 is 0 Å². The fourth-order valence-corrected chi connectivity index (χ4v) is 5.19. The van der Waals surface area contributed by atoms with Crippen molar-refractivity contribution in [3.05, 3.63) is 46.4 Å². The van der Waals surface area contributed by atoms with Crippen molar-refractivity contribution in [3.63, 3.8) is 0 Å². The molecule has 0 spiro atoms. The van der Waals surface area contributed by atoms with Crippen LogP contribution in [0, 0.1) is 0 Å². The minimum Gasteiger partial charge on any atom is -0.497 e. The third-order valence-corrected chi connectivity index (χ3v) is 7.09. The lowest BCUT2D eigenvalue weighted by atomic mass is 10.2. The summed E-state index contributed by atoms with van der Waals surface area (Å²) in [5, 5.41) is 0.498. The van der Waals surface area contributed by atoms with E-state index in [1.165, 1.54) is 16.4 Å². The predicted molar refractivity (Wildman–Crippen MR) is 107 cm³/mol. The first-order valence-corrected chi connectivity index (χ1v) is 10.5. The van der Waals surface area contributed by atoms with Gasteiger partial charge in [0.25, 0.3) is 0 Å². The molecule has 6 nitrogen and oxygen atoms in total. The van der Waals surface area contributed by atoms with Crippen molar-refractivity contribution in [1.29, 1.82) is 0 Å². The van der Waals surface area contributed by atoms with Gasteiger partial charge in [-0.25, -0.2) is 8.42 Å². The minimum atomic E-state index is -3.71. The van der Waals surface area contributed by atoms with Crippen molar-refractivity contribution in [2.45, 2.75) is 4.90 Å². The van der Waals surface area contributed by atoms with Crippen LogP contribution in [0.3, 0.4) is 0 Å². The average molecular weight is 431 g/mol. The number of piperazine rings is 1. The second-order valence-electron chi connectivity index (χ2n) is 6.00. The van der Waals surface area contributed by atoms with Crippen LogP contribution in [-0.2, 0) is 10.0 Å². The third kappa shape index (κ3) is 4.11. The number of methoxy groups -OCH3 is 2. The maximum absolute atomic E-state index is 12.9. The molecule has 0 saturated carbocycles. The summed E-state index contributed by atoms with van der Waals surface area (Å²) in [7, 11) is -0.515. The van der Waals surface area contributed by atoms with Crippen LogP contribution in [0.4, 0.5) is 5.69 Å². The first-order valence-electron chi connectivity index (χ1n) is 8.29. The Morgan fingerprint density at radius 2 is 1.63 bits per heavy atom. The van der Waals surface area contributed by atoms with E-state index in [-0.39, 0.29) is 9.92 Å². The normalized spacial score (nSPS) is 15.6. The van der Waals surface area contributed by atoms with E-state index in [1.807, 2.05) is 18.2 Å².